The molecule has 1 aliphatic heterocycles. The molecular weight excluding hydrogens is 398 g/mol. The molecule has 2 aromatic heterocycles. The fourth-order valence-corrected chi connectivity index (χ4v) is 3.48. The van der Waals surface area contributed by atoms with Crippen LogP contribution in [0.1, 0.15) is 34.5 Å². The second-order valence-electron chi connectivity index (χ2n) is 7.34. The molecule has 0 unspecified atom stereocenters. The number of hydrogen-bond donors (Lipinski definition) is 3. The first kappa shape index (κ1) is 20.3. The van der Waals surface area contributed by atoms with Crippen molar-refractivity contribution in [1.29, 1.82) is 0 Å². The maximum absolute atomic E-state index is 12.7. The zero-order chi connectivity index (χ0) is 21.8. The van der Waals surface area contributed by atoms with Gasteiger partial charge in [-0.15, -0.1) is 0 Å². The van der Waals surface area contributed by atoms with Crippen LogP contribution in [0.15, 0.2) is 47.4 Å². The average molecular weight is 421 g/mol. The van der Waals surface area contributed by atoms with Crippen LogP contribution >= 0.6 is 0 Å². The van der Waals surface area contributed by atoms with Crippen molar-refractivity contribution in [3.8, 4) is 5.82 Å². The third-order valence-corrected chi connectivity index (χ3v) is 5.16. The largest absolute Gasteiger partial charge is 0.348 e. The average Bonchev–Trinajstić information content (AvgIpc) is 3.43. The summed E-state index contributed by atoms with van der Waals surface area (Å²) in [6.07, 6.45) is 3.53. The van der Waals surface area contributed by atoms with E-state index in [1.807, 2.05) is 24.3 Å². The van der Waals surface area contributed by atoms with Crippen LogP contribution in [0, 0.1) is 6.92 Å². The normalized spacial score (nSPS) is 13.3. The van der Waals surface area contributed by atoms with Crippen LogP contribution in [0.4, 0.5) is 10.5 Å². The molecule has 160 valence electrons. The van der Waals surface area contributed by atoms with E-state index in [1.54, 1.807) is 11.8 Å². The Morgan fingerprint density at radius 2 is 1.97 bits per heavy atom. The quantitative estimate of drug-likeness (QED) is 0.580. The summed E-state index contributed by atoms with van der Waals surface area (Å²) in [6.45, 7) is 3.61. The van der Waals surface area contributed by atoms with Gasteiger partial charge in [-0.3, -0.25) is 9.59 Å². The number of likely N-dealkylation sites (tertiary alicyclic amines) is 1. The van der Waals surface area contributed by atoms with Gasteiger partial charge in [0.25, 0.3) is 11.5 Å². The van der Waals surface area contributed by atoms with Crippen LogP contribution in [0.2, 0.25) is 0 Å². The van der Waals surface area contributed by atoms with E-state index in [2.05, 4.69) is 25.9 Å². The molecular formula is C21H23N7O3. The highest BCUT2D eigenvalue weighted by molar-refractivity contribution is 5.95. The number of nitrogens with zero attached hydrogens (tertiary/aromatic N) is 4. The van der Waals surface area contributed by atoms with E-state index in [0.717, 1.165) is 31.5 Å². The number of anilines is 1. The Hall–Kier alpha value is -3.95. The van der Waals surface area contributed by atoms with E-state index in [1.165, 1.54) is 23.0 Å². The maximum Gasteiger partial charge on any atom is 0.321 e. The second kappa shape index (κ2) is 8.82. The number of aromatic amines is 1. The lowest BCUT2D eigenvalue weighted by molar-refractivity contribution is 0.0950. The Morgan fingerprint density at radius 1 is 1.16 bits per heavy atom. The molecule has 1 saturated heterocycles. The van der Waals surface area contributed by atoms with Crippen molar-refractivity contribution < 1.29 is 9.59 Å². The van der Waals surface area contributed by atoms with Gasteiger partial charge in [-0.25, -0.2) is 14.6 Å². The zero-order valence-electron chi connectivity index (χ0n) is 17.1. The zero-order valence-corrected chi connectivity index (χ0v) is 17.1. The molecule has 0 radical (unpaired) electrons. The van der Waals surface area contributed by atoms with Crippen molar-refractivity contribution in [3.05, 3.63) is 69.8 Å². The highest BCUT2D eigenvalue weighted by Gasteiger charge is 2.18. The Balaban J connectivity index is 1.39. The van der Waals surface area contributed by atoms with Gasteiger partial charge in [-0.2, -0.15) is 10.2 Å². The summed E-state index contributed by atoms with van der Waals surface area (Å²) in [5.41, 5.74) is 2.25. The molecule has 3 heterocycles. The molecule has 1 aromatic carbocycles. The Kier molecular flexibility index (Phi) is 5.78. The van der Waals surface area contributed by atoms with Crippen LogP contribution in [-0.4, -0.2) is 49.9 Å². The van der Waals surface area contributed by atoms with Gasteiger partial charge >= 0.3 is 6.03 Å². The molecule has 10 heteroatoms. The van der Waals surface area contributed by atoms with Crippen LogP contribution in [0.5, 0.6) is 0 Å². The van der Waals surface area contributed by atoms with Crippen LogP contribution in [-0.2, 0) is 6.54 Å². The van der Waals surface area contributed by atoms with Crippen molar-refractivity contribution >= 4 is 17.6 Å². The number of H-pyrrole nitrogens is 1. The topological polar surface area (TPSA) is 125 Å². The van der Waals surface area contributed by atoms with E-state index in [9.17, 15) is 14.4 Å². The van der Waals surface area contributed by atoms with E-state index in [-0.39, 0.29) is 17.5 Å². The smallest absolute Gasteiger partial charge is 0.321 e. The summed E-state index contributed by atoms with van der Waals surface area (Å²) in [5, 5.41) is 16.3. The summed E-state index contributed by atoms with van der Waals surface area (Å²) in [5.74, 6) is 0.136. The third kappa shape index (κ3) is 4.63. The van der Waals surface area contributed by atoms with Gasteiger partial charge in [-0.1, -0.05) is 12.1 Å². The minimum absolute atomic E-state index is 0.0995. The predicted molar refractivity (Wildman–Crippen MR) is 114 cm³/mol. The van der Waals surface area contributed by atoms with Gasteiger partial charge in [0.1, 0.15) is 0 Å². The number of carbonyl (C=O) groups excluding carboxylic acids is 2. The van der Waals surface area contributed by atoms with Gasteiger partial charge in [0.15, 0.2) is 5.82 Å². The molecule has 3 N–H and O–H groups in total. The van der Waals surface area contributed by atoms with Gasteiger partial charge < -0.3 is 15.5 Å². The first-order valence-electron chi connectivity index (χ1n) is 10.0. The molecule has 4 rings (SSSR count). The molecule has 3 aromatic rings. The molecule has 10 nitrogen and oxygen atoms in total. The Morgan fingerprint density at radius 3 is 2.71 bits per heavy atom. The lowest BCUT2D eigenvalue weighted by Crippen LogP contribution is -2.32. The van der Waals surface area contributed by atoms with Gasteiger partial charge in [0.2, 0.25) is 0 Å². The van der Waals surface area contributed by atoms with Crippen molar-refractivity contribution in [2.24, 2.45) is 0 Å². The highest BCUT2D eigenvalue weighted by atomic mass is 16.2. The summed E-state index contributed by atoms with van der Waals surface area (Å²) < 4.78 is 1.49. The number of hydrogen-bond acceptors (Lipinski definition) is 5. The molecule has 1 aliphatic rings. The maximum atomic E-state index is 12.7. The van der Waals surface area contributed by atoms with Crippen LogP contribution < -0.4 is 16.2 Å². The van der Waals surface area contributed by atoms with Crippen molar-refractivity contribution in [3.63, 3.8) is 0 Å². The molecule has 0 spiro atoms. The van der Waals surface area contributed by atoms with Crippen molar-refractivity contribution in [2.75, 3.05) is 18.4 Å². The molecule has 0 atom stereocenters. The van der Waals surface area contributed by atoms with E-state index in [4.69, 9.17) is 0 Å². The summed E-state index contributed by atoms with van der Waals surface area (Å²) in [7, 11) is 0. The Labute approximate surface area is 178 Å². The lowest BCUT2D eigenvalue weighted by Gasteiger charge is -2.16. The van der Waals surface area contributed by atoms with Crippen LogP contribution in [0.3, 0.4) is 0 Å². The molecule has 0 saturated carbocycles. The molecule has 1 fully saturated rings. The Bertz CT molecular complexity index is 1140. The van der Waals surface area contributed by atoms with Gasteiger partial charge in [0, 0.05) is 31.4 Å². The van der Waals surface area contributed by atoms with Crippen LogP contribution in [0.25, 0.3) is 5.82 Å². The fourth-order valence-electron chi connectivity index (χ4n) is 3.48. The molecule has 0 bridgehead atoms. The number of urea groups is 1. The third-order valence-electron chi connectivity index (χ3n) is 5.16. The fraction of sp³-hybridized carbons (Fsp3) is 0.286. The number of nitrogens with one attached hydrogen (secondary N) is 3. The number of rotatable bonds is 5. The lowest BCUT2D eigenvalue weighted by atomic mass is 10.2. The first-order chi connectivity index (χ1) is 15.0. The van der Waals surface area contributed by atoms with E-state index < -0.39 is 0 Å². The minimum atomic E-state index is -0.314. The molecule has 0 aliphatic carbocycles. The standard InChI is InChI=1S/C21H23N7O3/c1-14-17(13-23-28(14)18-7-8-19(29)26-25-18)20(30)22-12-15-5-4-6-16(11-15)24-21(31)27-9-2-3-10-27/h4-8,11,13H,2-3,9-10,12H2,1H3,(H,22,30)(H,24,31)(H,26,29). The summed E-state index contributed by atoms with van der Waals surface area (Å²) >= 11 is 0. The van der Waals surface area contributed by atoms with E-state index >= 15 is 0 Å². The number of aromatic nitrogens is 4. The molecule has 3 amide bonds. The number of carbonyl (C=O) groups is 2. The monoisotopic (exact) mass is 421 g/mol. The molecule has 31 heavy (non-hydrogen) atoms. The highest BCUT2D eigenvalue weighted by Crippen LogP contribution is 2.15. The SMILES string of the molecule is Cc1c(C(=O)NCc2cccc(NC(=O)N3CCCC3)c2)cnn1-c1ccc(=O)[nH]n1. The number of benzene rings is 1. The van der Waals surface area contributed by atoms with Gasteiger partial charge in [0.05, 0.1) is 17.5 Å². The van der Waals surface area contributed by atoms with Crippen molar-refractivity contribution in [1.82, 2.24) is 30.2 Å². The van der Waals surface area contributed by atoms with Gasteiger partial charge in [-0.05, 0) is 43.5 Å². The summed E-state index contributed by atoms with van der Waals surface area (Å²) in [4.78, 5) is 37.9. The predicted octanol–water partition coefficient (Wildman–Crippen LogP) is 1.82. The number of amides is 3. The second-order valence-corrected chi connectivity index (χ2v) is 7.34. The summed E-state index contributed by atoms with van der Waals surface area (Å²) in [6, 6.07) is 10.2. The van der Waals surface area contributed by atoms with E-state index in [0.29, 0.717) is 29.3 Å². The first-order valence-corrected chi connectivity index (χ1v) is 10.0. The van der Waals surface area contributed by atoms with Crippen molar-refractivity contribution in [2.45, 2.75) is 26.3 Å². The minimum Gasteiger partial charge on any atom is -0.348 e.